The van der Waals surface area contributed by atoms with Gasteiger partial charge < -0.3 is 10.0 Å². The number of halogens is 1. The molecule has 0 radical (unpaired) electrons. The van der Waals surface area contributed by atoms with E-state index in [0.29, 0.717) is 23.8 Å². The predicted molar refractivity (Wildman–Crippen MR) is 68.2 cm³/mol. The van der Waals surface area contributed by atoms with Crippen molar-refractivity contribution in [2.75, 3.05) is 13.1 Å². The molecule has 1 aliphatic heterocycles. The molecule has 1 N–H and O–H groups in total. The Morgan fingerprint density at radius 1 is 1.42 bits per heavy atom. The van der Waals surface area contributed by atoms with Crippen molar-refractivity contribution in [1.29, 1.82) is 0 Å². The summed E-state index contributed by atoms with van der Waals surface area (Å²) in [4.78, 5) is 16.3. The summed E-state index contributed by atoms with van der Waals surface area (Å²) in [5, 5.41) is 17.4. The fourth-order valence-corrected chi connectivity index (χ4v) is 2.60. The minimum atomic E-state index is -0.867. The lowest BCUT2D eigenvalue weighted by molar-refractivity contribution is 0.124. The van der Waals surface area contributed by atoms with E-state index in [4.69, 9.17) is 16.7 Å². The first kappa shape index (κ1) is 12.2. The van der Waals surface area contributed by atoms with Crippen LogP contribution in [0.2, 0.25) is 5.15 Å². The number of amides is 1. The Balaban J connectivity index is 1.86. The second-order valence-electron chi connectivity index (χ2n) is 4.50. The molecule has 0 spiro atoms. The van der Waals surface area contributed by atoms with Crippen molar-refractivity contribution in [3.05, 3.63) is 17.4 Å². The van der Waals surface area contributed by atoms with E-state index in [-0.39, 0.29) is 6.04 Å². The first-order valence-electron chi connectivity index (χ1n) is 6.00. The van der Waals surface area contributed by atoms with Crippen molar-refractivity contribution < 1.29 is 9.90 Å². The van der Waals surface area contributed by atoms with Crippen molar-refractivity contribution >= 4 is 28.7 Å². The van der Waals surface area contributed by atoms with Gasteiger partial charge in [0.15, 0.2) is 5.15 Å². The summed E-state index contributed by atoms with van der Waals surface area (Å²) >= 11 is 5.96. The molecule has 3 rings (SSSR count). The molecule has 1 amide bonds. The Morgan fingerprint density at radius 3 is 2.84 bits per heavy atom. The number of carboxylic acid groups (broad SMARTS) is 1. The van der Waals surface area contributed by atoms with Gasteiger partial charge in [-0.15, -0.1) is 5.10 Å². The van der Waals surface area contributed by atoms with Crippen molar-refractivity contribution in [2.24, 2.45) is 0 Å². The molecular formula is C11H12ClN5O2. The van der Waals surface area contributed by atoms with E-state index in [2.05, 4.69) is 15.3 Å². The Labute approximate surface area is 113 Å². The predicted octanol–water partition coefficient (Wildman–Crippen LogP) is 1.79. The molecule has 1 saturated heterocycles. The van der Waals surface area contributed by atoms with Crippen molar-refractivity contribution in [3.8, 4) is 0 Å². The summed E-state index contributed by atoms with van der Waals surface area (Å²) in [6.45, 7) is 1.03. The van der Waals surface area contributed by atoms with Crippen molar-refractivity contribution in [2.45, 2.75) is 18.9 Å². The molecule has 0 unspecified atom stereocenters. The number of hydrogen-bond donors (Lipinski definition) is 1. The van der Waals surface area contributed by atoms with Gasteiger partial charge in [0.05, 0.1) is 11.6 Å². The fourth-order valence-electron chi connectivity index (χ4n) is 2.41. The van der Waals surface area contributed by atoms with Crippen LogP contribution in [0.1, 0.15) is 18.9 Å². The summed E-state index contributed by atoms with van der Waals surface area (Å²) in [5.74, 6) is 0. The van der Waals surface area contributed by atoms with Crippen LogP contribution >= 0.6 is 11.6 Å². The normalized spacial score (nSPS) is 17.0. The molecule has 2 aromatic heterocycles. The topological polar surface area (TPSA) is 84.1 Å². The molecule has 8 heteroatoms. The molecule has 7 nitrogen and oxygen atoms in total. The van der Waals surface area contributed by atoms with Crippen LogP contribution in [0.3, 0.4) is 0 Å². The lowest BCUT2D eigenvalue weighted by Gasteiger charge is -2.29. The maximum atomic E-state index is 10.9. The van der Waals surface area contributed by atoms with Crippen molar-refractivity contribution in [3.63, 3.8) is 0 Å². The third-order valence-electron chi connectivity index (χ3n) is 3.43. The van der Waals surface area contributed by atoms with E-state index >= 15 is 0 Å². The van der Waals surface area contributed by atoms with Crippen LogP contribution < -0.4 is 0 Å². The molecule has 0 atom stereocenters. The first-order valence-corrected chi connectivity index (χ1v) is 6.38. The summed E-state index contributed by atoms with van der Waals surface area (Å²) in [6.07, 6.45) is 2.21. The summed E-state index contributed by atoms with van der Waals surface area (Å²) in [7, 11) is 0. The zero-order chi connectivity index (χ0) is 13.4. The van der Waals surface area contributed by atoms with Crippen LogP contribution in [-0.4, -0.2) is 49.2 Å². The molecule has 3 heterocycles. The van der Waals surface area contributed by atoms with Gasteiger partial charge in [-0.1, -0.05) is 16.8 Å². The van der Waals surface area contributed by atoms with Crippen LogP contribution in [0.5, 0.6) is 0 Å². The van der Waals surface area contributed by atoms with E-state index in [9.17, 15) is 4.79 Å². The molecule has 0 bridgehead atoms. The fraction of sp³-hybridized carbons (Fsp3) is 0.455. The number of carbonyl (C=O) groups is 1. The van der Waals surface area contributed by atoms with Gasteiger partial charge in [0.1, 0.15) is 5.52 Å². The van der Waals surface area contributed by atoms with Gasteiger partial charge in [-0.05, 0) is 18.9 Å². The number of likely N-dealkylation sites (tertiary alicyclic amines) is 1. The smallest absolute Gasteiger partial charge is 0.407 e. The zero-order valence-corrected chi connectivity index (χ0v) is 10.8. The van der Waals surface area contributed by atoms with Gasteiger partial charge in [-0.25, -0.2) is 14.5 Å². The SMILES string of the molecule is O=C(O)N1CCC(n2nnc3c(Cl)nccc32)CC1. The second-order valence-corrected chi connectivity index (χ2v) is 4.86. The van der Waals surface area contributed by atoms with Gasteiger partial charge in [0.2, 0.25) is 0 Å². The Kier molecular flexibility index (Phi) is 2.98. The highest BCUT2D eigenvalue weighted by molar-refractivity contribution is 6.33. The molecular weight excluding hydrogens is 270 g/mol. The number of pyridine rings is 1. The van der Waals surface area contributed by atoms with Gasteiger partial charge in [-0.3, -0.25) is 0 Å². The molecule has 0 aliphatic carbocycles. The van der Waals surface area contributed by atoms with E-state index in [1.54, 1.807) is 6.20 Å². The van der Waals surface area contributed by atoms with Crippen LogP contribution in [-0.2, 0) is 0 Å². The van der Waals surface area contributed by atoms with Gasteiger partial charge in [0.25, 0.3) is 0 Å². The number of nitrogens with zero attached hydrogens (tertiary/aromatic N) is 5. The van der Waals surface area contributed by atoms with Crippen LogP contribution in [0, 0.1) is 0 Å². The highest BCUT2D eigenvalue weighted by Crippen LogP contribution is 2.26. The summed E-state index contributed by atoms with van der Waals surface area (Å²) in [6, 6.07) is 1.98. The van der Waals surface area contributed by atoms with Gasteiger partial charge >= 0.3 is 6.09 Å². The van der Waals surface area contributed by atoms with Crippen LogP contribution in [0.25, 0.3) is 11.0 Å². The van der Waals surface area contributed by atoms with Crippen LogP contribution in [0.4, 0.5) is 4.79 Å². The maximum Gasteiger partial charge on any atom is 0.407 e. The third-order valence-corrected chi connectivity index (χ3v) is 3.70. The Hall–Kier alpha value is -1.89. The van der Waals surface area contributed by atoms with Gasteiger partial charge in [-0.2, -0.15) is 0 Å². The number of rotatable bonds is 1. The lowest BCUT2D eigenvalue weighted by atomic mass is 10.1. The molecule has 100 valence electrons. The summed E-state index contributed by atoms with van der Waals surface area (Å²) in [5.41, 5.74) is 1.43. The monoisotopic (exact) mass is 281 g/mol. The van der Waals surface area contributed by atoms with E-state index in [1.165, 1.54) is 4.90 Å². The molecule has 1 aliphatic rings. The first-order chi connectivity index (χ1) is 9.16. The third kappa shape index (κ3) is 2.10. The van der Waals surface area contributed by atoms with Crippen molar-refractivity contribution in [1.82, 2.24) is 24.9 Å². The number of piperidine rings is 1. The van der Waals surface area contributed by atoms with Gasteiger partial charge in [0, 0.05) is 19.3 Å². The standard InChI is InChI=1S/C11H12ClN5O2/c12-10-9-8(1-4-13-10)17(15-14-9)7-2-5-16(6-3-7)11(18)19/h1,4,7H,2-3,5-6H2,(H,18,19). The van der Waals surface area contributed by atoms with E-state index in [1.807, 2.05) is 10.7 Å². The molecule has 2 aromatic rings. The van der Waals surface area contributed by atoms with Crippen LogP contribution in [0.15, 0.2) is 12.3 Å². The average Bonchev–Trinajstić information content (AvgIpc) is 2.84. The lowest BCUT2D eigenvalue weighted by Crippen LogP contribution is -2.38. The maximum absolute atomic E-state index is 10.9. The zero-order valence-electron chi connectivity index (χ0n) is 10.0. The highest BCUT2D eigenvalue weighted by Gasteiger charge is 2.25. The Bertz CT molecular complexity index is 621. The largest absolute Gasteiger partial charge is 0.465 e. The quantitative estimate of drug-likeness (QED) is 0.806. The number of fused-ring (bicyclic) bond motifs is 1. The molecule has 19 heavy (non-hydrogen) atoms. The highest BCUT2D eigenvalue weighted by atomic mass is 35.5. The summed E-state index contributed by atoms with van der Waals surface area (Å²) < 4.78 is 1.82. The molecule has 0 aromatic carbocycles. The average molecular weight is 282 g/mol. The minimum absolute atomic E-state index is 0.152. The number of aromatic nitrogens is 4. The van der Waals surface area contributed by atoms with E-state index in [0.717, 1.165) is 18.4 Å². The molecule has 1 fully saturated rings. The minimum Gasteiger partial charge on any atom is -0.465 e. The second kappa shape index (κ2) is 4.65. The molecule has 0 saturated carbocycles. The Morgan fingerprint density at radius 2 is 2.16 bits per heavy atom. The number of hydrogen-bond acceptors (Lipinski definition) is 4. The van der Waals surface area contributed by atoms with E-state index < -0.39 is 6.09 Å².